The van der Waals surface area contributed by atoms with E-state index in [0.29, 0.717) is 16.9 Å². The highest BCUT2D eigenvalue weighted by molar-refractivity contribution is 5.95. The molecule has 0 heterocycles. The lowest BCUT2D eigenvalue weighted by Gasteiger charge is -2.24. The molecule has 9 heteroatoms. The van der Waals surface area contributed by atoms with Gasteiger partial charge in [-0.05, 0) is 68.8 Å². The fourth-order valence-corrected chi connectivity index (χ4v) is 2.33. The molecule has 0 saturated carbocycles. The molecule has 30 heavy (non-hydrogen) atoms. The normalized spacial score (nSPS) is 11.5. The molecule has 0 atom stereocenters. The molecule has 0 unspecified atom stereocenters. The Bertz CT molecular complexity index is 864. The molecule has 0 aliphatic heterocycles. The number of alkyl halides is 3. The van der Waals surface area contributed by atoms with Crippen LogP contribution in [-0.2, 0) is 4.79 Å². The predicted molar refractivity (Wildman–Crippen MR) is 109 cm³/mol. The molecule has 0 aromatic heterocycles. The topological polar surface area (TPSA) is 79.5 Å². The summed E-state index contributed by atoms with van der Waals surface area (Å²) < 4.78 is 40.2. The number of carbonyl (C=O) groups excluding carboxylic acids is 2. The van der Waals surface area contributed by atoms with Crippen LogP contribution in [-0.4, -0.2) is 30.3 Å². The molecule has 2 aromatic carbocycles. The van der Waals surface area contributed by atoms with E-state index in [1.165, 1.54) is 12.1 Å². The molecule has 0 aliphatic carbocycles. The lowest BCUT2D eigenvalue weighted by Crippen LogP contribution is -2.42. The lowest BCUT2D eigenvalue weighted by atomic mass is 10.0. The molecule has 0 spiro atoms. The first-order valence-electron chi connectivity index (χ1n) is 9.29. The van der Waals surface area contributed by atoms with E-state index in [0.717, 1.165) is 18.6 Å². The Labute approximate surface area is 172 Å². The molecule has 2 amide bonds. The average molecular weight is 423 g/mol. The van der Waals surface area contributed by atoms with Crippen LogP contribution >= 0.6 is 0 Å². The van der Waals surface area contributed by atoms with Gasteiger partial charge in [-0.2, -0.15) is 0 Å². The maximum atomic E-state index is 12.2. The van der Waals surface area contributed by atoms with Gasteiger partial charge in [-0.3, -0.25) is 9.59 Å². The Morgan fingerprint density at radius 1 is 0.933 bits per heavy atom. The molecule has 3 N–H and O–H groups in total. The van der Waals surface area contributed by atoms with E-state index in [-0.39, 0.29) is 29.6 Å². The quantitative estimate of drug-likeness (QED) is 0.582. The fraction of sp³-hybridized carbons (Fsp3) is 0.333. The standard InChI is InChI=1S/C21H24F3N3O3/c1-4-20(2,3)27-19(29)14-5-7-15(8-6-14)25-13-18(28)26-16-9-11-17(12-10-16)30-21(22,23)24/h5-12,25H,4,13H2,1-3H3,(H,26,28)(H,27,29). The monoisotopic (exact) mass is 423 g/mol. The number of benzene rings is 2. The summed E-state index contributed by atoms with van der Waals surface area (Å²) in [5.41, 5.74) is 1.18. The molecule has 162 valence electrons. The van der Waals surface area contributed by atoms with Gasteiger partial charge in [0, 0.05) is 22.5 Å². The third kappa shape index (κ3) is 7.65. The van der Waals surface area contributed by atoms with Crippen molar-refractivity contribution in [2.24, 2.45) is 0 Å². The molecular weight excluding hydrogens is 399 g/mol. The average Bonchev–Trinajstić information content (AvgIpc) is 2.67. The summed E-state index contributed by atoms with van der Waals surface area (Å²) in [5.74, 6) is -0.930. The van der Waals surface area contributed by atoms with Gasteiger partial charge in [0.1, 0.15) is 5.75 Å². The number of ether oxygens (including phenoxy) is 1. The van der Waals surface area contributed by atoms with Crippen LogP contribution in [0.15, 0.2) is 48.5 Å². The molecule has 2 aromatic rings. The summed E-state index contributed by atoms with van der Waals surface area (Å²) in [6.45, 7) is 5.81. The van der Waals surface area contributed by atoms with Gasteiger partial charge in [0.15, 0.2) is 0 Å². The number of hydrogen-bond acceptors (Lipinski definition) is 4. The Morgan fingerprint density at radius 3 is 2.03 bits per heavy atom. The van der Waals surface area contributed by atoms with Gasteiger partial charge in [-0.25, -0.2) is 0 Å². The Kier molecular flexibility index (Phi) is 7.31. The molecule has 2 rings (SSSR count). The molecule has 6 nitrogen and oxygen atoms in total. The van der Waals surface area contributed by atoms with Crippen LogP contribution in [0.1, 0.15) is 37.6 Å². The smallest absolute Gasteiger partial charge is 0.406 e. The summed E-state index contributed by atoms with van der Waals surface area (Å²) in [7, 11) is 0. The lowest BCUT2D eigenvalue weighted by molar-refractivity contribution is -0.274. The largest absolute Gasteiger partial charge is 0.573 e. The first-order chi connectivity index (χ1) is 14.0. The number of amides is 2. The van der Waals surface area contributed by atoms with Crippen molar-refractivity contribution < 1.29 is 27.5 Å². The van der Waals surface area contributed by atoms with Crippen molar-refractivity contribution in [1.29, 1.82) is 0 Å². The second-order valence-electron chi connectivity index (χ2n) is 7.24. The van der Waals surface area contributed by atoms with Gasteiger partial charge in [0.25, 0.3) is 5.91 Å². The Morgan fingerprint density at radius 2 is 1.50 bits per heavy atom. The van der Waals surface area contributed by atoms with Gasteiger partial charge in [-0.15, -0.1) is 13.2 Å². The van der Waals surface area contributed by atoms with Crippen LogP contribution in [0.5, 0.6) is 5.75 Å². The first-order valence-corrected chi connectivity index (χ1v) is 9.29. The van der Waals surface area contributed by atoms with Gasteiger partial charge in [0.05, 0.1) is 6.54 Å². The molecule has 0 fully saturated rings. The first kappa shape index (κ1) is 23.1. The second kappa shape index (κ2) is 9.51. The zero-order chi connectivity index (χ0) is 22.4. The minimum absolute atomic E-state index is 0.0603. The highest BCUT2D eigenvalue weighted by Crippen LogP contribution is 2.24. The van der Waals surface area contributed by atoms with Gasteiger partial charge in [-0.1, -0.05) is 6.92 Å². The zero-order valence-electron chi connectivity index (χ0n) is 16.9. The maximum Gasteiger partial charge on any atom is 0.573 e. The number of rotatable bonds is 8. The number of carbonyl (C=O) groups is 2. The van der Waals surface area contributed by atoms with Crippen molar-refractivity contribution in [3.63, 3.8) is 0 Å². The number of halogens is 3. The van der Waals surface area contributed by atoms with Crippen LogP contribution in [0.25, 0.3) is 0 Å². The molecule has 0 saturated heterocycles. The van der Waals surface area contributed by atoms with Crippen LogP contribution in [0.4, 0.5) is 24.5 Å². The highest BCUT2D eigenvalue weighted by Gasteiger charge is 2.31. The van der Waals surface area contributed by atoms with Gasteiger partial charge < -0.3 is 20.7 Å². The Balaban J connectivity index is 1.84. The van der Waals surface area contributed by atoms with Crippen molar-refractivity contribution in [3.8, 4) is 5.75 Å². The van der Waals surface area contributed by atoms with Crippen molar-refractivity contribution >= 4 is 23.2 Å². The Hall–Kier alpha value is -3.23. The number of anilines is 2. The van der Waals surface area contributed by atoms with E-state index >= 15 is 0 Å². The van der Waals surface area contributed by atoms with Crippen LogP contribution in [0.3, 0.4) is 0 Å². The summed E-state index contributed by atoms with van der Waals surface area (Å²) in [6, 6.07) is 11.5. The summed E-state index contributed by atoms with van der Waals surface area (Å²) in [6.07, 6.45) is -3.97. The van der Waals surface area contributed by atoms with E-state index in [4.69, 9.17) is 0 Å². The summed E-state index contributed by atoms with van der Waals surface area (Å²) >= 11 is 0. The van der Waals surface area contributed by atoms with Crippen LogP contribution < -0.4 is 20.7 Å². The second-order valence-corrected chi connectivity index (χ2v) is 7.24. The minimum Gasteiger partial charge on any atom is -0.406 e. The SMILES string of the molecule is CCC(C)(C)NC(=O)c1ccc(NCC(=O)Nc2ccc(OC(F)(F)F)cc2)cc1. The van der Waals surface area contributed by atoms with E-state index in [2.05, 4.69) is 20.7 Å². The van der Waals surface area contributed by atoms with Crippen LogP contribution in [0.2, 0.25) is 0 Å². The third-order valence-corrected chi connectivity index (χ3v) is 4.31. The zero-order valence-corrected chi connectivity index (χ0v) is 16.9. The summed E-state index contributed by atoms with van der Waals surface area (Å²) in [4.78, 5) is 24.2. The van der Waals surface area contributed by atoms with Crippen molar-refractivity contribution in [2.75, 3.05) is 17.2 Å². The number of nitrogens with one attached hydrogen (secondary N) is 3. The predicted octanol–water partition coefficient (Wildman–Crippen LogP) is 4.55. The van der Waals surface area contributed by atoms with Gasteiger partial charge >= 0.3 is 6.36 Å². The van der Waals surface area contributed by atoms with Crippen LogP contribution in [0, 0.1) is 0 Å². The molecule has 0 radical (unpaired) electrons. The van der Waals surface area contributed by atoms with E-state index in [1.54, 1.807) is 24.3 Å². The number of hydrogen-bond donors (Lipinski definition) is 3. The van der Waals surface area contributed by atoms with Crippen molar-refractivity contribution in [2.45, 2.75) is 39.1 Å². The molecular formula is C21H24F3N3O3. The molecule has 0 bridgehead atoms. The van der Waals surface area contributed by atoms with E-state index < -0.39 is 6.36 Å². The van der Waals surface area contributed by atoms with Crippen molar-refractivity contribution in [3.05, 3.63) is 54.1 Å². The van der Waals surface area contributed by atoms with Crippen molar-refractivity contribution in [1.82, 2.24) is 5.32 Å². The summed E-state index contributed by atoms with van der Waals surface area (Å²) in [5, 5.41) is 8.42. The maximum absolute atomic E-state index is 12.2. The molecule has 0 aliphatic rings. The van der Waals surface area contributed by atoms with E-state index in [1.807, 2.05) is 20.8 Å². The van der Waals surface area contributed by atoms with E-state index in [9.17, 15) is 22.8 Å². The minimum atomic E-state index is -4.77. The van der Waals surface area contributed by atoms with Gasteiger partial charge in [0.2, 0.25) is 5.91 Å². The highest BCUT2D eigenvalue weighted by atomic mass is 19.4. The third-order valence-electron chi connectivity index (χ3n) is 4.31. The fourth-order valence-electron chi connectivity index (χ4n) is 2.33.